The van der Waals surface area contributed by atoms with Crippen LogP contribution in [0.5, 0.6) is 0 Å². The largest absolute Gasteiger partial charge is 0.444 e. The van der Waals surface area contributed by atoms with E-state index >= 15 is 0 Å². The second-order valence-electron chi connectivity index (χ2n) is 13.2. The van der Waals surface area contributed by atoms with Crippen molar-refractivity contribution in [3.63, 3.8) is 0 Å². The van der Waals surface area contributed by atoms with E-state index < -0.39 is 30.4 Å². The molecule has 0 unspecified atom stereocenters. The lowest BCUT2D eigenvalue weighted by atomic mass is 10.1. The molecule has 2 rings (SSSR count). The van der Waals surface area contributed by atoms with Gasteiger partial charge in [-0.25, -0.2) is 9.59 Å². The van der Waals surface area contributed by atoms with Crippen molar-refractivity contribution >= 4 is 41.1 Å². The van der Waals surface area contributed by atoms with E-state index in [1.807, 2.05) is 77.1 Å². The van der Waals surface area contributed by atoms with Crippen molar-refractivity contribution in [2.75, 3.05) is 42.0 Å². The van der Waals surface area contributed by atoms with Crippen molar-refractivity contribution in [1.82, 2.24) is 5.32 Å². The van der Waals surface area contributed by atoms with Gasteiger partial charge in [0.1, 0.15) is 5.60 Å². The molecular weight excluding hydrogens is 636 g/mol. The summed E-state index contributed by atoms with van der Waals surface area (Å²) in [7, 11) is 0. The van der Waals surface area contributed by atoms with Gasteiger partial charge in [0.2, 0.25) is 6.79 Å². The van der Waals surface area contributed by atoms with Crippen molar-refractivity contribution in [3.05, 3.63) is 53.6 Å². The number of carbonyl (C=O) groups is 4. The smallest absolute Gasteiger partial charge is 0.407 e. The Bertz CT molecular complexity index is 1280. The van der Waals surface area contributed by atoms with E-state index in [4.69, 9.17) is 14.2 Å². The Morgan fingerprint density at radius 1 is 0.780 bits per heavy atom. The first-order valence-corrected chi connectivity index (χ1v) is 17.9. The molecule has 0 fully saturated rings. The molecule has 11 nitrogen and oxygen atoms in total. The second-order valence-corrected chi connectivity index (χ2v) is 13.2. The summed E-state index contributed by atoms with van der Waals surface area (Å²) in [6.45, 7) is 25.3. The fraction of sp³-hybridized carbons (Fsp3) is 0.590. The number of hydrogen-bond acceptors (Lipinski definition) is 8. The molecule has 2 aromatic carbocycles. The fourth-order valence-electron chi connectivity index (χ4n) is 4.48. The van der Waals surface area contributed by atoms with Gasteiger partial charge in [0.05, 0.1) is 11.4 Å². The van der Waals surface area contributed by atoms with Crippen molar-refractivity contribution in [1.29, 1.82) is 0 Å². The molecule has 0 spiro atoms. The number of aryl methyl sites for hydroxylation is 2. The van der Waals surface area contributed by atoms with E-state index in [1.165, 1.54) is 0 Å². The molecule has 0 bridgehead atoms. The van der Waals surface area contributed by atoms with Gasteiger partial charge in [-0.1, -0.05) is 79.2 Å². The number of nitrogens with one attached hydrogen (secondary N) is 3. The van der Waals surface area contributed by atoms with Gasteiger partial charge in [0, 0.05) is 38.2 Å². The molecule has 0 saturated carbocycles. The lowest BCUT2D eigenvalue weighted by Crippen LogP contribution is -2.33. The molecule has 0 aliphatic rings. The van der Waals surface area contributed by atoms with Crippen molar-refractivity contribution < 1.29 is 33.4 Å². The summed E-state index contributed by atoms with van der Waals surface area (Å²) < 4.78 is 15.2. The molecule has 3 N–H and O–H groups in total. The number of amides is 3. The number of esters is 2. The second kappa shape index (κ2) is 24.8. The van der Waals surface area contributed by atoms with Gasteiger partial charge < -0.3 is 35.1 Å². The van der Waals surface area contributed by atoms with E-state index in [0.717, 1.165) is 29.9 Å². The molecule has 0 aliphatic heterocycles. The number of nitrogens with zero attached hydrogens (tertiary/aromatic N) is 1. The number of urea groups is 1. The Balaban J connectivity index is 0.00000578. The molecule has 3 amide bonds. The van der Waals surface area contributed by atoms with E-state index in [-0.39, 0.29) is 25.4 Å². The summed E-state index contributed by atoms with van der Waals surface area (Å²) in [4.78, 5) is 51.3. The zero-order valence-electron chi connectivity index (χ0n) is 32.7. The third kappa shape index (κ3) is 20.9. The molecule has 0 aliphatic carbocycles. The molecule has 0 aromatic heterocycles. The van der Waals surface area contributed by atoms with Gasteiger partial charge in [0.15, 0.2) is 0 Å². The summed E-state index contributed by atoms with van der Waals surface area (Å²) in [5, 5.41) is 8.47. The van der Waals surface area contributed by atoms with Crippen molar-refractivity contribution in [2.45, 2.75) is 114 Å². The number of ether oxygens (including phenoxy) is 3. The molecule has 0 heterocycles. The Morgan fingerprint density at radius 2 is 1.34 bits per heavy atom. The molecule has 2 aromatic rings. The van der Waals surface area contributed by atoms with Crippen molar-refractivity contribution in [2.24, 2.45) is 11.8 Å². The SMILES string of the molecule is CC.CC.Cc1ccc(NC(=O)Nc2cc(CCC(=O)OCOC(=O)CCCNC(=O)OC(C)(C)C)ccc2N(CC(C)C)CC(C)C)cc1. The summed E-state index contributed by atoms with van der Waals surface area (Å²) in [6, 6.07) is 13.0. The molecule has 11 heteroatoms. The maximum atomic E-state index is 13.0. The maximum Gasteiger partial charge on any atom is 0.407 e. The number of hydrogen-bond donors (Lipinski definition) is 3. The maximum absolute atomic E-state index is 13.0. The Kier molecular flexibility index (Phi) is 22.7. The monoisotopic (exact) mass is 700 g/mol. The van der Waals surface area contributed by atoms with Crippen LogP contribution in [-0.2, 0) is 30.2 Å². The quantitative estimate of drug-likeness (QED) is 0.0897. The Hall–Kier alpha value is -4.28. The first-order valence-electron chi connectivity index (χ1n) is 17.9. The van der Waals surface area contributed by atoms with Gasteiger partial charge in [-0.2, -0.15) is 0 Å². The lowest BCUT2D eigenvalue weighted by molar-refractivity contribution is -0.167. The van der Waals surface area contributed by atoms with Gasteiger partial charge in [-0.3, -0.25) is 9.59 Å². The number of benzene rings is 2. The molecule has 282 valence electrons. The van der Waals surface area contributed by atoms with Gasteiger partial charge in [-0.15, -0.1) is 0 Å². The van der Waals surface area contributed by atoms with Crippen LogP contribution in [-0.4, -0.2) is 56.1 Å². The number of rotatable bonds is 16. The molecule has 0 saturated heterocycles. The summed E-state index contributed by atoms with van der Waals surface area (Å²) in [5.74, 6) is -0.242. The van der Waals surface area contributed by atoms with Crippen LogP contribution in [0.3, 0.4) is 0 Å². The average molecular weight is 701 g/mol. The minimum atomic E-state index is -0.601. The third-order valence-corrected chi connectivity index (χ3v) is 6.41. The van der Waals surface area contributed by atoms with Gasteiger partial charge >= 0.3 is 24.1 Å². The third-order valence-electron chi connectivity index (χ3n) is 6.41. The van der Waals surface area contributed by atoms with Crippen LogP contribution in [0.15, 0.2) is 42.5 Å². The van der Waals surface area contributed by atoms with Crippen LogP contribution in [0.2, 0.25) is 0 Å². The predicted molar refractivity (Wildman–Crippen MR) is 204 cm³/mol. The highest BCUT2D eigenvalue weighted by Crippen LogP contribution is 2.30. The Morgan fingerprint density at radius 3 is 1.88 bits per heavy atom. The topological polar surface area (TPSA) is 135 Å². The van der Waals surface area contributed by atoms with Gasteiger partial charge in [0.25, 0.3) is 0 Å². The standard InChI is InChI=1S/C35H52N4O7.2C2H6/c1-24(2)21-39(22-25(3)4)30-17-13-27(20-29(30)38-33(42)37-28-15-11-26(5)12-16-28)14-18-32(41)45-23-44-31(40)10-9-19-36-34(43)46-35(6,7)8;2*1-2/h11-13,15-17,20,24-25H,9-10,14,18-19,21-23H2,1-8H3,(H,36,43)(H2,37,38,42);2*1-2H3. The predicted octanol–water partition coefficient (Wildman–Crippen LogP) is 9.09. The van der Waals surface area contributed by atoms with Gasteiger partial charge in [-0.05, 0) is 82.2 Å². The average Bonchev–Trinajstić information content (AvgIpc) is 3.03. The van der Waals surface area contributed by atoms with Crippen LogP contribution < -0.4 is 20.9 Å². The highest BCUT2D eigenvalue weighted by Gasteiger charge is 2.18. The Labute approximate surface area is 301 Å². The zero-order chi connectivity index (χ0) is 38.3. The minimum absolute atomic E-state index is 0.0532. The summed E-state index contributed by atoms with van der Waals surface area (Å²) in [5.41, 5.74) is 3.57. The molecular formula is C39H64N4O7. The fourth-order valence-corrected chi connectivity index (χ4v) is 4.48. The van der Waals surface area contributed by atoms with Crippen LogP contribution >= 0.6 is 0 Å². The highest BCUT2D eigenvalue weighted by molar-refractivity contribution is 6.02. The summed E-state index contributed by atoms with van der Waals surface area (Å²) >= 11 is 0. The first kappa shape index (κ1) is 45.7. The van der Waals surface area contributed by atoms with Crippen LogP contribution in [0.4, 0.5) is 26.7 Å². The normalized spacial score (nSPS) is 10.5. The van der Waals surface area contributed by atoms with Crippen molar-refractivity contribution in [3.8, 4) is 0 Å². The zero-order valence-corrected chi connectivity index (χ0v) is 32.7. The van der Waals surface area contributed by atoms with Crippen LogP contribution in [0.1, 0.15) is 107 Å². The highest BCUT2D eigenvalue weighted by atomic mass is 16.7. The van der Waals surface area contributed by atoms with E-state index in [0.29, 0.717) is 36.1 Å². The first-order chi connectivity index (χ1) is 23.6. The molecule has 0 atom stereocenters. The van der Waals surface area contributed by atoms with Crippen LogP contribution in [0, 0.1) is 18.8 Å². The van der Waals surface area contributed by atoms with E-state index in [2.05, 4.69) is 48.5 Å². The van der Waals surface area contributed by atoms with E-state index in [9.17, 15) is 19.2 Å². The van der Waals surface area contributed by atoms with E-state index in [1.54, 1.807) is 20.8 Å². The number of carbonyl (C=O) groups excluding carboxylic acids is 4. The minimum Gasteiger partial charge on any atom is -0.444 e. The molecule has 0 radical (unpaired) electrons. The molecule has 50 heavy (non-hydrogen) atoms. The number of anilines is 3. The lowest BCUT2D eigenvalue weighted by Gasteiger charge is -2.30. The number of alkyl carbamates (subject to hydrolysis) is 1. The van der Waals surface area contributed by atoms with Crippen LogP contribution in [0.25, 0.3) is 0 Å². The summed E-state index contributed by atoms with van der Waals surface area (Å²) in [6.07, 6.45) is 0.283.